The molecule has 2 aliphatic rings. The lowest BCUT2D eigenvalue weighted by Gasteiger charge is -2.26. The molecule has 2 fully saturated rings. The summed E-state index contributed by atoms with van der Waals surface area (Å²) in [5.74, 6) is 1.04. The van der Waals surface area contributed by atoms with Crippen LogP contribution in [0, 0.1) is 17.1 Å². The van der Waals surface area contributed by atoms with Gasteiger partial charge in [-0.05, 0) is 42.0 Å². The number of hydrogen-bond donors (Lipinski definition) is 1. The van der Waals surface area contributed by atoms with Crippen LogP contribution in [0.3, 0.4) is 0 Å². The normalized spacial score (nSPS) is 16.6. The third-order valence-electron chi connectivity index (χ3n) is 6.80. The number of halogens is 1. The monoisotopic (exact) mass is 517 g/mol. The van der Waals surface area contributed by atoms with E-state index in [0.29, 0.717) is 49.1 Å². The number of ether oxygens (including phenoxy) is 3. The van der Waals surface area contributed by atoms with E-state index < -0.39 is 0 Å². The van der Waals surface area contributed by atoms with Crippen molar-refractivity contribution in [2.45, 2.75) is 25.4 Å². The Kier molecular flexibility index (Phi) is 8.76. The molecule has 0 amide bonds. The standard InChI is InChI=1S/C29H32FN5O3/c30-25-3-1-21(17-28(25)37-16-13-35-11-9-32-10-12-35)18-29-33-8-5-26(34-29)22-2-4-27(23(19-22)20-31)38-24-6-14-36-15-7-24/h1-5,8,17,19,24,32H,6-7,9-16,18H2. The van der Waals surface area contributed by atoms with Crippen molar-refractivity contribution in [3.63, 3.8) is 0 Å². The summed E-state index contributed by atoms with van der Waals surface area (Å²) in [4.78, 5) is 11.4. The maximum Gasteiger partial charge on any atom is 0.165 e. The van der Waals surface area contributed by atoms with Crippen molar-refractivity contribution in [3.05, 3.63) is 71.4 Å². The Balaban J connectivity index is 1.25. The first-order valence-electron chi connectivity index (χ1n) is 13.1. The molecule has 2 aromatic carbocycles. The number of rotatable bonds is 9. The molecule has 9 heteroatoms. The van der Waals surface area contributed by atoms with Gasteiger partial charge in [-0.2, -0.15) is 5.26 Å². The first-order chi connectivity index (χ1) is 18.7. The van der Waals surface area contributed by atoms with Crippen molar-refractivity contribution in [1.29, 1.82) is 5.26 Å². The summed E-state index contributed by atoms with van der Waals surface area (Å²) in [6, 6.07) is 14.5. The number of hydrogen-bond acceptors (Lipinski definition) is 8. The third kappa shape index (κ3) is 6.84. The second kappa shape index (κ2) is 12.8. The summed E-state index contributed by atoms with van der Waals surface area (Å²) in [5, 5.41) is 13.0. The van der Waals surface area contributed by atoms with Crippen LogP contribution in [0.5, 0.6) is 11.5 Å². The van der Waals surface area contributed by atoms with Crippen LogP contribution in [-0.4, -0.2) is 73.5 Å². The second-order valence-corrected chi connectivity index (χ2v) is 9.49. The van der Waals surface area contributed by atoms with E-state index in [1.165, 1.54) is 6.07 Å². The van der Waals surface area contributed by atoms with Gasteiger partial charge in [0.2, 0.25) is 0 Å². The Labute approximate surface area is 222 Å². The first-order valence-corrected chi connectivity index (χ1v) is 13.1. The average molecular weight is 518 g/mol. The zero-order valence-corrected chi connectivity index (χ0v) is 21.4. The van der Waals surface area contributed by atoms with Gasteiger partial charge in [0.25, 0.3) is 0 Å². The average Bonchev–Trinajstić information content (AvgIpc) is 2.96. The van der Waals surface area contributed by atoms with Crippen LogP contribution in [-0.2, 0) is 11.2 Å². The fourth-order valence-corrected chi connectivity index (χ4v) is 4.67. The Morgan fingerprint density at radius 2 is 1.92 bits per heavy atom. The molecule has 0 radical (unpaired) electrons. The minimum absolute atomic E-state index is 0.0546. The minimum Gasteiger partial charge on any atom is -0.489 e. The molecule has 0 unspecified atom stereocenters. The van der Waals surface area contributed by atoms with Crippen molar-refractivity contribution in [3.8, 4) is 28.8 Å². The quantitative estimate of drug-likeness (QED) is 0.461. The summed E-state index contributed by atoms with van der Waals surface area (Å²) >= 11 is 0. The maximum absolute atomic E-state index is 14.4. The first kappa shape index (κ1) is 26.0. The Morgan fingerprint density at radius 3 is 2.74 bits per heavy atom. The van der Waals surface area contributed by atoms with Gasteiger partial charge >= 0.3 is 0 Å². The Bertz CT molecular complexity index is 1270. The van der Waals surface area contributed by atoms with Gasteiger partial charge in [-0.3, -0.25) is 4.90 Å². The summed E-state index contributed by atoms with van der Waals surface area (Å²) in [6.07, 6.45) is 3.81. The van der Waals surface area contributed by atoms with Crippen molar-refractivity contribution >= 4 is 0 Å². The Hall–Kier alpha value is -3.58. The molecular weight excluding hydrogens is 485 g/mol. The van der Waals surface area contributed by atoms with Gasteiger partial charge in [0.05, 0.1) is 24.5 Å². The topological polar surface area (TPSA) is 92.5 Å². The van der Waals surface area contributed by atoms with Gasteiger partial charge in [-0.25, -0.2) is 14.4 Å². The zero-order valence-electron chi connectivity index (χ0n) is 21.4. The lowest BCUT2D eigenvalue weighted by molar-refractivity contribution is 0.0254. The number of nitrogens with one attached hydrogen (secondary N) is 1. The lowest BCUT2D eigenvalue weighted by Crippen LogP contribution is -2.44. The van der Waals surface area contributed by atoms with Crippen LogP contribution in [0.2, 0.25) is 0 Å². The molecule has 0 atom stereocenters. The molecule has 0 spiro atoms. The minimum atomic E-state index is -0.379. The molecular formula is C29H32FN5O3. The summed E-state index contributed by atoms with van der Waals surface area (Å²) in [5.41, 5.74) is 2.84. The molecule has 8 nitrogen and oxygen atoms in total. The SMILES string of the molecule is N#Cc1cc(-c2ccnc(Cc3ccc(F)c(OCCN4CCNCC4)c3)n2)ccc1OC1CCOCC1. The van der Waals surface area contributed by atoms with Crippen LogP contribution < -0.4 is 14.8 Å². The fourth-order valence-electron chi connectivity index (χ4n) is 4.67. The molecule has 2 aliphatic heterocycles. The van der Waals surface area contributed by atoms with E-state index in [2.05, 4.69) is 21.3 Å². The highest BCUT2D eigenvalue weighted by molar-refractivity contribution is 5.64. The number of benzene rings is 2. The van der Waals surface area contributed by atoms with Gasteiger partial charge in [0.1, 0.15) is 30.4 Å². The predicted molar refractivity (Wildman–Crippen MR) is 141 cm³/mol. The van der Waals surface area contributed by atoms with Crippen molar-refractivity contribution in [2.75, 3.05) is 52.5 Å². The molecule has 38 heavy (non-hydrogen) atoms. The van der Waals surface area contributed by atoms with Gasteiger partial charge in [-0.1, -0.05) is 6.07 Å². The maximum atomic E-state index is 14.4. The van der Waals surface area contributed by atoms with Crippen molar-refractivity contribution in [1.82, 2.24) is 20.2 Å². The summed E-state index contributed by atoms with van der Waals surface area (Å²) in [7, 11) is 0. The van der Waals surface area contributed by atoms with Crippen LogP contribution in [0.25, 0.3) is 11.3 Å². The number of nitriles is 1. The number of aromatic nitrogens is 2. The molecule has 0 saturated carbocycles. The molecule has 2 saturated heterocycles. The van der Waals surface area contributed by atoms with E-state index in [0.717, 1.165) is 56.7 Å². The highest BCUT2D eigenvalue weighted by Gasteiger charge is 2.18. The number of nitrogens with zero attached hydrogens (tertiary/aromatic N) is 4. The highest BCUT2D eigenvalue weighted by atomic mass is 19.1. The van der Waals surface area contributed by atoms with Crippen LogP contribution >= 0.6 is 0 Å². The van der Waals surface area contributed by atoms with Crippen molar-refractivity contribution < 1.29 is 18.6 Å². The molecule has 0 bridgehead atoms. The zero-order chi connectivity index (χ0) is 26.2. The molecule has 1 N–H and O–H groups in total. The van der Waals surface area contributed by atoms with Gasteiger partial charge in [-0.15, -0.1) is 0 Å². The lowest BCUT2D eigenvalue weighted by atomic mass is 10.1. The summed E-state index contributed by atoms with van der Waals surface area (Å²) in [6.45, 7) is 6.42. The van der Waals surface area contributed by atoms with Crippen LogP contribution in [0.1, 0.15) is 29.8 Å². The Morgan fingerprint density at radius 1 is 1.08 bits per heavy atom. The van der Waals surface area contributed by atoms with E-state index in [1.54, 1.807) is 24.4 Å². The molecule has 198 valence electrons. The van der Waals surface area contributed by atoms with E-state index >= 15 is 0 Å². The summed E-state index contributed by atoms with van der Waals surface area (Å²) < 4.78 is 31.6. The highest BCUT2D eigenvalue weighted by Crippen LogP contribution is 2.28. The molecule has 0 aliphatic carbocycles. The van der Waals surface area contributed by atoms with Crippen LogP contribution in [0.4, 0.5) is 4.39 Å². The number of piperazine rings is 1. The predicted octanol–water partition coefficient (Wildman–Crippen LogP) is 3.59. The molecule has 1 aromatic heterocycles. The van der Waals surface area contributed by atoms with E-state index in [1.807, 2.05) is 18.2 Å². The van der Waals surface area contributed by atoms with Gasteiger partial charge < -0.3 is 19.5 Å². The molecule has 5 rings (SSSR count). The van der Waals surface area contributed by atoms with E-state index in [9.17, 15) is 9.65 Å². The van der Waals surface area contributed by atoms with Gasteiger partial charge in [0, 0.05) is 63.7 Å². The van der Waals surface area contributed by atoms with E-state index in [-0.39, 0.29) is 17.7 Å². The largest absolute Gasteiger partial charge is 0.489 e. The third-order valence-corrected chi connectivity index (χ3v) is 6.80. The smallest absolute Gasteiger partial charge is 0.165 e. The second-order valence-electron chi connectivity index (χ2n) is 9.49. The molecule has 3 heterocycles. The van der Waals surface area contributed by atoms with E-state index in [4.69, 9.17) is 19.2 Å². The molecule has 3 aromatic rings. The van der Waals surface area contributed by atoms with Gasteiger partial charge in [0.15, 0.2) is 11.6 Å². The van der Waals surface area contributed by atoms with Crippen molar-refractivity contribution in [2.24, 2.45) is 0 Å². The fraction of sp³-hybridized carbons (Fsp3) is 0.414. The van der Waals surface area contributed by atoms with Crippen LogP contribution in [0.15, 0.2) is 48.7 Å².